The van der Waals surface area contributed by atoms with E-state index in [1.807, 2.05) is 56.3 Å². The van der Waals surface area contributed by atoms with Gasteiger partial charge in [0.15, 0.2) is 0 Å². The van der Waals surface area contributed by atoms with Crippen LogP contribution in [0.1, 0.15) is 30.5 Å². The number of aryl methyl sites for hydroxylation is 1. The molecule has 1 aliphatic rings. The number of nitrogens with zero attached hydrogens (tertiary/aromatic N) is 1. The van der Waals surface area contributed by atoms with Gasteiger partial charge in [0.2, 0.25) is 10.0 Å². The Labute approximate surface area is 138 Å². The summed E-state index contributed by atoms with van der Waals surface area (Å²) in [5, 5.41) is 0. The van der Waals surface area contributed by atoms with Gasteiger partial charge < -0.3 is 0 Å². The second-order valence-corrected chi connectivity index (χ2v) is 7.97. The van der Waals surface area contributed by atoms with E-state index in [0.29, 0.717) is 17.9 Å². The summed E-state index contributed by atoms with van der Waals surface area (Å²) >= 11 is 0. The van der Waals surface area contributed by atoms with Gasteiger partial charge in [0.1, 0.15) is 0 Å². The molecule has 0 spiro atoms. The molecule has 23 heavy (non-hydrogen) atoms. The van der Waals surface area contributed by atoms with Crippen LogP contribution in [0.25, 0.3) is 0 Å². The molecule has 0 bridgehead atoms. The van der Waals surface area contributed by atoms with E-state index in [-0.39, 0.29) is 6.04 Å². The fourth-order valence-corrected chi connectivity index (χ4v) is 4.59. The van der Waals surface area contributed by atoms with Crippen LogP contribution in [0.15, 0.2) is 71.1 Å². The van der Waals surface area contributed by atoms with Crippen molar-refractivity contribution in [2.24, 2.45) is 0 Å². The average Bonchev–Trinajstić information content (AvgIpc) is 2.56. The Morgan fingerprint density at radius 1 is 0.957 bits per heavy atom. The normalized spacial score (nSPS) is 19.4. The van der Waals surface area contributed by atoms with Crippen molar-refractivity contribution in [3.63, 3.8) is 0 Å². The van der Waals surface area contributed by atoms with Crippen LogP contribution in [0.4, 0.5) is 0 Å². The molecule has 3 nitrogen and oxygen atoms in total. The number of hydrogen-bond acceptors (Lipinski definition) is 2. The first kappa shape index (κ1) is 16.0. The molecule has 0 fully saturated rings. The van der Waals surface area contributed by atoms with Gasteiger partial charge in [0.05, 0.1) is 10.9 Å². The Bertz CT molecular complexity index is 808. The average molecular weight is 327 g/mol. The van der Waals surface area contributed by atoms with Crippen molar-refractivity contribution in [2.75, 3.05) is 6.54 Å². The van der Waals surface area contributed by atoms with E-state index >= 15 is 0 Å². The summed E-state index contributed by atoms with van der Waals surface area (Å²) in [5.41, 5.74) is 3.18. The zero-order valence-electron chi connectivity index (χ0n) is 13.4. The van der Waals surface area contributed by atoms with Crippen LogP contribution in [0, 0.1) is 6.92 Å². The Morgan fingerprint density at radius 2 is 1.61 bits per heavy atom. The van der Waals surface area contributed by atoms with Crippen molar-refractivity contribution in [3.05, 3.63) is 77.4 Å². The van der Waals surface area contributed by atoms with Crippen LogP contribution in [-0.4, -0.2) is 19.3 Å². The van der Waals surface area contributed by atoms with Crippen LogP contribution in [0.3, 0.4) is 0 Å². The SMILES string of the molecule is CC1=CC[C@@H](c2ccccc2)N(S(=O)(=O)c2ccc(C)cc2)C1. The topological polar surface area (TPSA) is 37.4 Å². The fraction of sp³-hybridized carbons (Fsp3) is 0.263. The quantitative estimate of drug-likeness (QED) is 0.797. The highest BCUT2D eigenvalue weighted by molar-refractivity contribution is 7.89. The first-order chi connectivity index (χ1) is 11.0. The van der Waals surface area contributed by atoms with Crippen molar-refractivity contribution >= 4 is 10.0 Å². The molecule has 0 saturated carbocycles. The summed E-state index contributed by atoms with van der Waals surface area (Å²) in [7, 11) is -3.52. The minimum absolute atomic E-state index is 0.147. The Morgan fingerprint density at radius 3 is 2.26 bits per heavy atom. The highest BCUT2D eigenvalue weighted by Crippen LogP contribution is 2.34. The van der Waals surface area contributed by atoms with Crippen molar-refractivity contribution in [3.8, 4) is 0 Å². The van der Waals surface area contributed by atoms with Gasteiger partial charge in [-0.05, 0) is 38.0 Å². The summed E-state index contributed by atoms with van der Waals surface area (Å²) < 4.78 is 27.9. The third-order valence-electron chi connectivity index (χ3n) is 4.25. The molecule has 0 unspecified atom stereocenters. The molecule has 0 amide bonds. The Kier molecular flexibility index (Phi) is 4.37. The third-order valence-corrected chi connectivity index (χ3v) is 6.12. The van der Waals surface area contributed by atoms with Gasteiger partial charge >= 0.3 is 0 Å². The lowest BCUT2D eigenvalue weighted by atomic mass is 9.99. The van der Waals surface area contributed by atoms with Crippen LogP contribution >= 0.6 is 0 Å². The first-order valence-corrected chi connectivity index (χ1v) is 9.21. The lowest BCUT2D eigenvalue weighted by molar-refractivity contribution is 0.331. The van der Waals surface area contributed by atoms with Gasteiger partial charge in [-0.15, -0.1) is 0 Å². The molecule has 1 heterocycles. The number of rotatable bonds is 3. The minimum atomic E-state index is -3.52. The number of benzene rings is 2. The Hall–Kier alpha value is -1.91. The van der Waals surface area contributed by atoms with Crippen molar-refractivity contribution in [1.29, 1.82) is 0 Å². The zero-order valence-corrected chi connectivity index (χ0v) is 14.3. The van der Waals surface area contributed by atoms with E-state index in [0.717, 1.165) is 16.7 Å². The van der Waals surface area contributed by atoms with E-state index < -0.39 is 10.0 Å². The van der Waals surface area contributed by atoms with Crippen molar-refractivity contribution in [1.82, 2.24) is 4.31 Å². The largest absolute Gasteiger partial charge is 0.243 e. The predicted molar refractivity (Wildman–Crippen MR) is 92.6 cm³/mol. The molecule has 0 aliphatic carbocycles. The maximum Gasteiger partial charge on any atom is 0.243 e. The van der Waals surface area contributed by atoms with E-state index in [1.54, 1.807) is 16.4 Å². The molecule has 0 radical (unpaired) electrons. The zero-order chi connectivity index (χ0) is 16.4. The lowest BCUT2D eigenvalue weighted by Crippen LogP contribution is -2.38. The van der Waals surface area contributed by atoms with Crippen LogP contribution in [0.5, 0.6) is 0 Å². The maximum absolute atomic E-state index is 13.1. The monoisotopic (exact) mass is 327 g/mol. The molecule has 0 saturated heterocycles. The second-order valence-electron chi connectivity index (χ2n) is 6.08. The first-order valence-electron chi connectivity index (χ1n) is 7.77. The highest BCUT2D eigenvalue weighted by Gasteiger charge is 2.34. The predicted octanol–water partition coefficient (Wildman–Crippen LogP) is 4.08. The molecule has 1 aliphatic heterocycles. The summed E-state index contributed by atoms with van der Waals surface area (Å²) in [6, 6.07) is 16.8. The summed E-state index contributed by atoms with van der Waals surface area (Å²) in [6.07, 6.45) is 2.85. The van der Waals surface area contributed by atoms with Crippen molar-refractivity contribution in [2.45, 2.75) is 31.2 Å². The molecular weight excluding hydrogens is 306 g/mol. The highest BCUT2D eigenvalue weighted by atomic mass is 32.2. The molecule has 2 aromatic rings. The van der Waals surface area contributed by atoms with Crippen molar-refractivity contribution < 1.29 is 8.42 Å². The van der Waals surface area contributed by atoms with Crippen LogP contribution < -0.4 is 0 Å². The summed E-state index contributed by atoms with van der Waals surface area (Å²) in [6.45, 7) is 4.38. The standard InChI is InChI=1S/C19H21NO2S/c1-15-8-11-18(12-9-15)23(21,22)20-14-16(2)10-13-19(20)17-6-4-3-5-7-17/h3-12,19H,13-14H2,1-2H3/t19-/m0/s1. The van der Waals surface area contributed by atoms with Crippen LogP contribution in [-0.2, 0) is 10.0 Å². The van der Waals surface area contributed by atoms with Gasteiger partial charge in [-0.1, -0.05) is 59.7 Å². The number of hydrogen-bond donors (Lipinski definition) is 0. The molecule has 3 rings (SSSR count). The fourth-order valence-electron chi connectivity index (χ4n) is 2.93. The molecular formula is C19H21NO2S. The third kappa shape index (κ3) is 3.23. The maximum atomic E-state index is 13.1. The summed E-state index contributed by atoms with van der Waals surface area (Å²) in [4.78, 5) is 0.360. The molecule has 2 aromatic carbocycles. The molecule has 120 valence electrons. The minimum Gasteiger partial charge on any atom is -0.207 e. The molecule has 0 N–H and O–H groups in total. The van der Waals surface area contributed by atoms with Gasteiger partial charge in [-0.2, -0.15) is 4.31 Å². The Balaban J connectivity index is 2.03. The molecule has 4 heteroatoms. The molecule has 1 atom stereocenters. The lowest BCUT2D eigenvalue weighted by Gasteiger charge is -2.34. The smallest absolute Gasteiger partial charge is 0.207 e. The van der Waals surface area contributed by atoms with Gasteiger partial charge in [0, 0.05) is 6.54 Å². The van der Waals surface area contributed by atoms with E-state index in [2.05, 4.69) is 6.08 Å². The van der Waals surface area contributed by atoms with Gasteiger partial charge in [0.25, 0.3) is 0 Å². The van der Waals surface area contributed by atoms with E-state index in [9.17, 15) is 8.42 Å². The number of sulfonamides is 1. The molecule has 0 aromatic heterocycles. The second kappa shape index (κ2) is 6.30. The van der Waals surface area contributed by atoms with Crippen LogP contribution in [0.2, 0.25) is 0 Å². The summed E-state index contributed by atoms with van der Waals surface area (Å²) in [5.74, 6) is 0. The van der Waals surface area contributed by atoms with Gasteiger partial charge in [-0.25, -0.2) is 8.42 Å². The van der Waals surface area contributed by atoms with E-state index in [4.69, 9.17) is 0 Å². The van der Waals surface area contributed by atoms with Gasteiger partial charge in [-0.3, -0.25) is 0 Å². The van der Waals surface area contributed by atoms with E-state index in [1.165, 1.54) is 0 Å².